The van der Waals surface area contributed by atoms with E-state index in [1.54, 1.807) is 0 Å². The van der Waals surface area contributed by atoms with Crippen LogP contribution in [-0.4, -0.2) is 15.5 Å². The van der Waals surface area contributed by atoms with Crippen LogP contribution in [0.5, 0.6) is 0 Å². The molecule has 4 nitrogen and oxygen atoms in total. The third kappa shape index (κ3) is 6.52. The van der Waals surface area contributed by atoms with E-state index < -0.39 is 0 Å². The number of nitrogens with two attached hydrogens (primary N) is 1. The average molecular weight is 597 g/mol. The van der Waals surface area contributed by atoms with Crippen LogP contribution in [0.15, 0.2) is 175 Å². The lowest BCUT2D eigenvalue weighted by molar-refractivity contribution is 0.835. The Morgan fingerprint density at radius 3 is 2.11 bits per heavy atom. The summed E-state index contributed by atoms with van der Waals surface area (Å²) >= 11 is 0. The third-order valence-electron chi connectivity index (χ3n) is 8.43. The van der Waals surface area contributed by atoms with E-state index in [0.29, 0.717) is 5.70 Å². The summed E-state index contributed by atoms with van der Waals surface area (Å²) in [5.41, 5.74) is 17.7. The first kappa shape index (κ1) is 29.0. The van der Waals surface area contributed by atoms with Gasteiger partial charge < -0.3 is 5.73 Å². The van der Waals surface area contributed by atoms with Gasteiger partial charge in [0.1, 0.15) is 0 Å². The number of allylic oxidation sites excluding steroid dienone is 8. The fourth-order valence-corrected chi connectivity index (χ4v) is 5.93. The Labute approximate surface area is 271 Å². The van der Waals surface area contributed by atoms with Crippen molar-refractivity contribution in [3.63, 3.8) is 0 Å². The Kier molecular flexibility index (Phi) is 8.51. The molecule has 2 N–H and O–H groups in total. The molecule has 224 valence electrons. The maximum absolute atomic E-state index is 6.50. The molecule has 4 aromatic carbocycles. The first-order valence-electron chi connectivity index (χ1n) is 15.9. The minimum absolute atomic E-state index is 0.277. The van der Waals surface area contributed by atoms with Gasteiger partial charge in [-0.2, -0.15) is 5.10 Å². The molecule has 0 saturated heterocycles. The number of benzene rings is 4. The second kappa shape index (κ2) is 13.5. The molecule has 0 saturated carbocycles. The van der Waals surface area contributed by atoms with Crippen molar-refractivity contribution in [2.45, 2.75) is 25.2 Å². The summed E-state index contributed by atoms with van der Waals surface area (Å²) in [6, 6.07) is 41.6. The molecule has 1 aromatic heterocycles. The van der Waals surface area contributed by atoms with Gasteiger partial charge >= 0.3 is 0 Å². The molecular formula is C42H36N4. The number of hydrogen-bond acceptors (Lipinski definition) is 3. The first-order chi connectivity index (χ1) is 22.7. The number of nitrogens with zero attached hydrogens (tertiary/aromatic N) is 3. The average Bonchev–Trinajstić information content (AvgIpc) is 3.59. The standard InChI is InChI=1S/C42H36N4/c43-39(33-13-5-1-6-14-33)29-40(34-15-7-2-8-16-34)44-37-25-21-31(22-26-37)32-23-27-38(28-24-32)46-42(36-19-11-4-12-20-36)30-41(45-46)35-17-9-3-10-18-35/h1-3,5-11,13-21,23-31H,4,12,22,43H2. The molecule has 0 spiro atoms. The van der Waals surface area contributed by atoms with Crippen molar-refractivity contribution >= 4 is 17.0 Å². The Morgan fingerprint density at radius 2 is 1.46 bits per heavy atom. The van der Waals surface area contributed by atoms with Crippen molar-refractivity contribution in [2.75, 3.05) is 0 Å². The van der Waals surface area contributed by atoms with Gasteiger partial charge in [-0.05, 0) is 66.3 Å². The molecule has 46 heavy (non-hydrogen) atoms. The van der Waals surface area contributed by atoms with Gasteiger partial charge in [0.25, 0.3) is 0 Å². The normalized spacial score (nSPS) is 16.7. The number of hydrogen-bond donors (Lipinski definition) is 1. The maximum Gasteiger partial charge on any atom is 0.0934 e. The molecule has 0 bridgehead atoms. The van der Waals surface area contributed by atoms with Crippen LogP contribution < -0.4 is 5.73 Å². The minimum Gasteiger partial charge on any atom is -0.398 e. The highest BCUT2D eigenvalue weighted by atomic mass is 15.3. The van der Waals surface area contributed by atoms with E-state index in [0.717, 1.165) is 64.4 Å². The number of aromatic nitrogens is 2. The van der Waals surface area contributed by atoms with Gasteiger partial charge in [0.05, 0.1) is 28.5 Å². The Bertz CT molecular complexity index is 1990. The zero-order valence-electron chi connectivity index (χ0n) is 25.7. The second-order valence-corrected chi connectivity index (χ2v) is 11.6. The lowest BCUT2D eigenvalue weighted by atomic mass is 9.91. The SMILES string of the molecule is NC(=CC(=NC1=CCC(c2ccc(-n3nc(-c4ccccc4)cc3C3=CCCC=C3)cc2)C=C1)c1ccccc1)c1ccccc1. The highest BCUT2D eigenvalue weighted by Gasteiger charge is 2.16. The second-order valence-electron chi connectivity index (χ2n) is 11.6. The van der Waals surface area contributed by atoms with Crippen LogP contribution in [0.4, 0.5) is 0 Å². The van der Waals surface area contributed by atoms with E-state index in [2.05, 4.69) is 108 Å². The quantitative estimate of drug-likeness (QED) is 0.181. The lowest BCUT2D eigenvalue weighted by Gasteiger charge is -2.17. The van der Waals surface area contributed by atoms with Crippen LogP contribution >= 0.6 is 0 Å². The monoisotopic (exact) mass is 596 g/mol. The van der Waals surface area contributed by atoms with Gasteiger partial charge in [-0.3, -0.25) is 0 Å². The fourth-order valence-electron chi connectivity index (χ4n) is 5.93. The molecule has 0 fully saturated rings. The summed E-state index contributed by atoms with van der Waals surface area (Å²) in [5, 5.41) is 5.06. The molecule has 2 aliphatic carbocycles. The van der Waals surface area contributed by atoms with Gasteiger partial charge in [-0.1, -0.05) is 134 Å². The van der Waals surface area contributed by atoms with Crippen molar-refractivity contribution in [2.24, 2.45) is 10.7 Å². The molecule has 0 amide bonds. The maximum atomic E-state index is 6.50. The van der Waals surface area contributed by atoms with Gasteiger partial charge in [-0.15, -0.1) is 0 Å². The van der Waals surface area contributed by atoms with Crippen molar-refractivity contribution in [3.8, 4) is 16.9 Å². The van der Waals surface area contributed by atoms with Crippen LogP contribution in [0.2, 0.25) is 0 Å². The van der Waals surface area contributed by atoms with Gasteiger partial charge in [0.15, 0.2) is 0 Å². The predicted octanol–water partition coefficient (Wildman–Crippen LogP) is 9.69. The van der Waals surface area contributed by atoms with E-state index in [9.17, 15) is 0 Å². The largest absolute Gasteiger partial charge is 0.398 e. The van der Waals surface area contributed by atoms with Gasteiger partial charge in [0, 0.05) is 22.7 Å². The number of aliphatic imine (C=N–C) groups is 1. The lowest BCUT2D eigenvalue weighted by Crippen LogP contribution is -2.05. The molecule has 4 heteroatoms. The predicted molar refractivity (Wildman–Crippen MR) is 192 cm³/mol. The summed E-state index contributed by atoms with van der Waals surface area (Å²) in [6.07, 6.45) is 18.3. The first-order valence-corrected chi connectivity index (χ1v) is 15.9. The molecular weight excluding hydrogens is 560 g/mol. The summed E-state index contributed by atoms with van der Waals surface area (Å²) in [6.45, 7) is 0. The van der Waals surface area contributed by atoms with E-state index >= 15 is 0 Å². The zero-order valence-corrected chi connectivity index (χ0v) is 25.7. The van der Waals surface area contributed by atoms with Crippen LogP contribution in [0.1, 0.15) is 47.6 Å². The van der Waals surface area contributed by atoms with Crippen molar-refractivity contribution in [1.82, 2.24) is 9.78 Å². The van der Waals surface area contributed by atoms with Crippen LogP contribution in [0.3, 0.4) is 0 Å². The van der Waals surface area contributed by atoms with Crippen LogP contribution in [0, 0.1) is 0 Å². The summed E-state index contributed by atoms with van der Waals surface area (Å²) in [4.78, 5) is 5.05. The molecule has 2 aliphatic rings. The Morgan fingerprint density at radius 1 is 0.761 bits per heavy atom. The van der Waals surface area contributed by atoms with Gasteiger partial charge in [-0.25, -0.2) is 9.67 Å². The van der Waals surface area contributed by atoms with Crippen molar-refractivity contribution in [3.05, 3.63) is 192 Å². The highest BCUT2D eigenvalue weighted by molar-refractivity contribution is 6.12. The van der Waals surface area contributed by atoms with Crippen molar-refractivity contribution in [1.29, 1.82) is 0 Å². The molecule has 5 aromatic rings. The third-order valence-corrected chi connectivity index (χ3v) is 8.43. The molecule has 0 aliphatic heterocycles. The fraction of sp³-hybridized carbons (Fsp3) is 0.0952. The summed E-state index contributed by atoms with van der Waals surface area (Å²) < 4.78 is 2.08. The zero-order chi connectivity index (χ0) is 31.1. The number of rotatable bonds is 8. The molecule has 1 unspecified atom stereocenters. The van der Waals surface area contributed by atoms with Crippen LogP contribution in [0.25, 0.3) is 28.2 Å². The molecule has 1 heterocycles. The Hall–Kier alpha value is -5.74. The highest BCUT2D eigenvalue weighted by Crippen LogP contribution is 2.31. The van der Waals surface area contributed by atoms with E-state index in [4.69, 9.17) is 15.8 Å². The van der Waals surface area contributed by atoms with E-state index in [1.165, 1.54) is 11.1 Å². The molecule has 0 radical (unpaired) electrons. The van der Waals surface area contributed by atoms with Crippen LogP contribution in [-0.2, 0) is 0 Å². The minimum atomic E-state index is 0.277. The summed E-state index contributed by atoms with van der Waals surface area (Å²) in [7, 11) is 0. The van der Waals surface area contributed by atoms with E-state index in [1.807, 2.05) is 60.7 Å². The molecule has 7 rings (SSSR count). The van der Waals surface area contributed by atoms with E-state index in [-0.39, 0.29) is 5.92 Å². The summed E-state index contributed by atoms with van der Waals surface area (Å²) in [5.74, 6) is 0.277. The van der Waals surface area contributed by atoms with Crippen molar-refractivity contribution < 1.29 is 0 Å². The topological polar surface area (TPSA) is 56.2 Å². The molecule has 1 atom stereocenters. The van der Waals surface area contributed by atoms with Gasteiger partial charge in [0.2, 0.25) is 0 Å². The Balaban J connectivity index is 1.13. The smallest absolute Gasteiger partial charge is 0.0934 e.